The summed E-state index contributed by atoms with van der Waals surface area (Å²) in [5.41, 5.74) is 0.224. The lowest BCUT2D eigenvalue weighted by molar-refractivity contribution is -0.0652. The quantitative estimate of drug-likeness (QED) is 0.742. The minimum atomic E-state index is 0.224. The molecule has 98 valence electrons. The summed E-state index contributed by atoms with van der Waals surface area (Å²) in [5, 5.41) is 0.294. The molecule has 2 aliphatic rings. The largest absolute Gasteiger partial charge is 0.488 e. The topological polar surface area (TPSA) is 22.1 Å². The third-order valence-corrected chi connectivity index (χ3v) is 5.48. The van der Waals surface area contributed by atoms with Crippen molar-refractivity contribution in [2.24, 2.45) is 5.41 Å². The van der Waals surface area contributed by atoms with Crippen molar-refractivity contribution >= 4 is 27.5 Å². The summed E-state index contributed by atoms with van der Waals surface area (Å²) < 4.78 is 7.08. The summed E-state index contributed by atoms with van der Waals surface area (Å²) in [6.45, 7) is 0. The second-order valence-corrected chi connectivity index (χ2v) is 6.88. The smallest absolute Gasteiger partial charge is 0.139 e. The zero-order chi connectivity index (χ0) is 12.6. The standard InChI is InChI=1S/C14H17BrClNO/c15-10-6-11(9-17-8-10)18-13-7-12(16)14(13)4-2-1-3-5-14/h6,8-9,12-13H,1-5,7H2. The number of hydrogen-bond acceptors (Lipinski definition) is 2. The molecule has 0 amide bonds. The minimum Gasteiger partial charge on any atom is -0.488 e. The molecule has 4 heteroatoms. The molecule has 1 aromatic rings. The van der Waals surface area contributed by atoms with Gasteiger partial charge in [-0.15, -0.1) is 11.6 Å². The number of pyridine rings is 1. The number of hydrogen-bond donors (Lipinski definition) is 0. The highest BCUT2D eigenvalue weighted by molar-refractivity contribution is 9.10. The van der Waals surface area contributed by atoms with Crippen LogP contribution in [0.25, 0.3) is 0 Å². The predicted octanol–water partition coefficient (Wildman–Crippen LogP) is 4.55. The number of rotatable bonds is 2. The van der Waals surface area contributed by atoms with Gasteiger partial charge in [-0.1, -0.05) is 19.3 Å². The first kappa shape index (κ1) is 12.7. The summed E-state index contributed by atoms with van der Waals surface area (Å²) in [6.07, 6.45) is 11.2. The van der Waals surface area contributed by atoms with E-state index in [4.69, 9.17) is 16.3 Å². The Bertz CT molecular complexity index is 434. The maximum atomic E-state index is 6.47. The molecule has 2 atom stereocenters. The molecular weight excluding hydrogens is 314 g/mol. The third-order valence-electron chi connectivity index (χ3n) is 4.43. The highest BCUT2D eigenvalue weighted by Crippen LogP contribution is 2.55. The minimum absolute atomic E-state index is 0.224. The molecule has 1 heterocycles. The van der Waals surface area contributed by atoms with Crippen molar-refractivity contribution in [1.82, 2.24) is 4.98 Å². The Labute approximate surface area is 121 Å². The van der Waals surface area contributed by atoms with Crippen LogP contribution in [0.15, 0.2) is 22.9 Å². The lowest BCUT2D eigenvalue weighted by atomic mass is 9.58. The number of nitrogens with zero attached hydrogens (tertiary/aromatic N) is 1. The summed E-state index contributed by atoms with van der Waals surface area (Å²) in [6, 6.07) is 1.98. The van der Waals surface area contributed by atoms with E-state index in [1.165, 1.54) is 32.1 Å². The maximum Gasteiger partial charge on any atom is 0.139 e. The molecule has 1 aromatic heterocycles. The van der Waals surface area contributed by atoms with Crippen molar-refractivity contribution in [3.05, 3.63) is 22.9 Å². The van der Waals surface area contributed by atoms with Crippen LogP contribution in [0.4, 0.5) is 0 Å². The first-order chi connectivity index (χ1) is 8.71. The van der Waals surface area contributed by atoms with Gasteiger partial charge in [-0.3, -0.25) is 4.98 Å². The van der Waals surface area contributed by atoms with Crippen LogP contribution < -0.4 is 4.74 Å². The number of ether oxygens (including phenoxy) is 1. The summed E-state index contributed by atoms with van der Waals surface area (Å²) in [7, 11) is 0. The van der Waals surface area contributed by atoms with Crippen molar-refractivity contribution < 1.29 is 4.74 Å². The Hall–Kier alpha value is -0.280. The van der Waals surface area contributed by atoms with Gasteiger partial charge in [0.2, 0.25) is 0 Å². The van der Waals surface area contributed by atoms with Crippen molar-refractivity contribution in [2.45, 2.75) is 50.0 Å². The predicted molar refractivity (Wildman–Crippen MR) is 76.1 cm³/mol. The van der Waals surface area contributed by atoms with Crippen LogP contribution in [0.5, 0.6) is 5.75 Å². The van der Waals surface area contributed by atoms with E-state index in [-0.39, 0.29) is 11.5 Å². The van der Waals surface area contributed by atoms with Gasteiger partial charge in [0.25, 0.3) is 0 Å². The SMILES string of the molecule is ClC1CC(Oc2cncc(Br)c2)C12CCCCC2. The van der Waals surface area contributed by atoms with Crippen LogP contribution in [-0.4, -0.2) is 16.5 Å². The Kier molecular flexibility index (Phi) is 3.55. The highest BCUT2D eigenvalue weighted by Gasteiger charge is 2.55. The maximum absolute atomic E-state index is 6.47. The molecule has 0 aliphatic heterocycles. The molecule has 0 bridgehead atoms. The van der Waals surface area contributed by atoms with Crippen LogP contribution in [0.1, 0.15) is 38.5 Å². The van der Waals surface area contributed by atoms with Crippen LogP contribution in [0, 0.1) is 5.41 Å². The molecule has 2 fully saturated rings. The van der Waals surface area contributed by atoms with E-state index in [1.807, 2.05) is 6.07 Å². The van der Waals surface area contributed by atoms with E-state index in [0.717, 1.165) is 16.6 Å². The Morgan fingerprint density at radius 2 is 2.06 bits per heavy atom. The van der Waals surface area contributed by atoms with E-state index < -0.39 is 0 Å². The average molecular weight is 331 g/mol. The molecular formula is C14H17BrClNO. The molecule has 18 heavy (non-hydrogen) atoms. The van der Waals surface area contributed by atoms with E-state index >= 15 is 0 Å². The van der Waals surface area contributed by atoms with Gasteiger partial charge in [-0.2, -0.15) is 0 Å². The van der Waals surface area contributed by atoms with Crippen molar-refractivity contribution in [1.29, 1.82) is 0 Å². The molecule has 2 aliphatic carbocycles. The van der Waals surface area contributed by atoms with E-state index in [9.17, 15) is 0 Å². The van der Waals surface area contributed by atoms with Gasteiger partial charge in [0.15, 0.2) is 0 Å². The number of aromatic nitrogens is 1. The first-order valence-corrected chi connectivity index (χ1v) is 7.85. The molecule has 2 unspecified atom stereocenters. The van der Waals surface area contributed by atoms with E-state index in [2.05, 4.69) is 20.9 Å². The zero-order valence-electron chi connectivity index (χ0n) is 10.2. The Morgan fingerprint density at radius 1 is 1.28 bits per heavy atom. The highest BCUT2D eigenvalue weighted by atomic mass is 79.9. The van der Waals surface area contributed by atoms with Crippen molar-refractivity contribution in [2.75, 3.05) is 0 Å². The van der Waals surface area contributed by atoms with Gasteiger partial charge in [0, 0.05) is 27.9 Å². The molecule has 1 spiro atoms. The molecule has 2 saturated carbocycles. The van der Waals surface area contributed by atoms with Crippen LogP contribution in [0.3, 0.4) is 0 Å². The van der Waals surface area contributed by atoms with E-state index in [1.54, 1.807) is 12.4 Å². The Balaban J connectivity index is 1.73. The molecule has 3 rings (SSSR count). The number of alkyl halides is 1. The van der Waals surface area contributed by atoms with Crippen LogP contribution >= 0.6 is 27.5 Å². The summed E-state index contributed by atoms with van der Waals surface area (Å²) in [4.78, 5) is 4.14. The summed E-state index contributed by atoms with van der Waals surface area (Å²) in [5.74, 6) is 0.850. The van der Waals surface area contributed by atoms with Crippen molar-refractivity contribution in [3.8, 4) is 5.75 Å². The van der Waals surface area contributed by atoms with Crippen LogP contribution in [0.2, 0.25) is 0 Å². The lowest BCUT2D eigenvalue weighted by Crippen LogP contribution is -2.58. The first-order valence-electron chi connectivity index (χ1n) is 6.62. The Morgan fingerprint density at radius 3 is 2.72 bits per heavy atom. The van der Waals surface area contributed by atoms with Gasteiger partial charge in [0.05, 0.1) is 6.20 Å². The van der Waals surface area contributed by atoms with Crippen molar-refractivity contribution in [3.63, 3.8) is 0 Å². The molecule has 0 radical (unpaired) electrons. The second-order valence-electron chi connectivity index (χ2n) is 5.44. The third kappa shape index (κ3) is 2.16. The van der Waals surface area contributed by atoms with Gasteiger partial charge < -0.3 is 4.74 Å². The van der Waals surface area contributed by atoms with E-state index in [0.29, 0.717) is 5.38 Å². The fourth-order valence-corrected chi connectivity index (χ4v) is 4.19. The lowest BCUT2D eigenvalue weighted by Gasteiger charge is -2.54. The second kappa shape index (κ2) is 5.01. The summed E-state index contributed by atoms with van der Waals surface area (Å²) >= 11 is 9.89. The number of halogens is 2. The normalized spacial score (nSPS) is 29.9. The average Bonchev–Trinajstić information content (AvgIpc) is 2.39. The van der Waals surface area contributed by atoms with Gasteiger partial charge in [-0.25, -0.2) is 0 Å². The molecule has 0 aromatic carbocycles. The fourth-order valence-electron chi connectivity index (χ4n) is 3.33. The molecule has 0 N–H and O–H groups in total. The fraction of sp³-hybridized carbons (Fsp3) is 0.643. The van der Waals surface area contributed by atoms with Crippen LogP contribution in [-0.2, 0) is 0 Å². The zero-order valence-corrected chi connectivity index (χ0v) is 12.6. The monoisotopic (exact) mass is 329 g/mol. The molecule has 0 saturated heterocycles. The van der Waals surface area contributed by atoms with Gasteiger partial charge in [-0.05, 0) is 34.8 Å². The molecule has 2 nitrogen and oxygen atoms in total. The van der Waals surface area contributed by atoms with Gasteiger partial charge >= 0.3 is 0 Å². The van der Waals surface area contributed by atoms with Gasteiger partial charge in [0.1, 0.15) is 11.9 Å².